The number of hydrogen-bond donors (Lipinski definition) is 0. The number of rotatable bonds is 3. The van der Waals surface area contributed by atoms with E-state index in [1.807, 2.05) is 0 Å². The molecule has 0 saturated heterocycles. The lowest BCUT2D eigenvalue weighted by atomic mass is 10.1. The summed E-state index contributed by atoms with van der Waals surface area (Å²) in [5, 5.41) is 3.75. The van der Waals surface area contributed by atoms with E-state index in [1.54, 1.807) is 6.07 Å². The van der Waals surface area contributed by atoms with E-state index in [9.17, 15) is 13.2 Å². The van der Waals surface area contributed by atoms with Crippen molar-refractivity contribution in [3.63, 3.8) is 0 Å². The lowest BCUT2D eigenvalue weighted by molar-refractivity contribution is -0.137. The lowest BCUT2D eigenvalue weighted by Crippen LogP contribution is -2.05. The van der Waals surface area contributed by atoms with Gasteiger partial charge in [0.1, 0.15) is 6.10 Å². The number of benzene rings is 1. The number of halogens is 3. The number of hydrogen-bond acceptors (Lipinski definition) is 2. The molecule has 1 saturated carbocycles. The van der Waals surface area contributed by atoms with Crippen LogP contribution in [0.5, 0.6) is 0 Å². The highest BCUT2D eigenvalue weighted by molar-refractivity contribution is 5.79. The van der Waals surface area contributed by atoms with Gasteiger partial charge in [0.25, 0.3) is 0 Å². The highest BCUT2D eigenvalue weighted by Gasteiger charge is 2.30. The van der Waals surface area contributed by atoms with Crippen molar-refractivity contribution < 1.29 is 18.0 Å². The van der Waals surface area contributed by atoms with E-state index in [4.69, 9.17) is 4.84 Å². The van der Waals surface area contributed by atoms with Crippen molar-refractivity contribution in [1.29, 1.82) is 0 Å². The Balaban J connectivity index is 1.98. The van der Waals surface area contributed by atoms with E-state index in [2.05, 4.69) is 5.16 Å². The van der Waals surface area contributed by atoms with Crippen LogP contribution in [0.25, 0.3) is 0 Å². The molecule has 0 aliphatic heterocycles. The molecule has 0 heterocycles. The molecule has 0 bridgehead atoms. The zero-order chi connectivity index (χ0) is 13.0. The third kappa shape index (κ3) is 3.48. The van der Waals surface area contributed by atoms with E-state index >= 15 is 0 Å². The largest absolute Gasteiger partial charge is 0.416 e. The summed E-state index contributed by atoms with van der Waals surface area (Å²) < 4.78 is 37.4. The highest BCUT2D eigenvalue weighted by atomic mass is 19.4. The minimum atomic E-state index is -4.32. The number of oxime groups is 1. The van der Waals surface area contributed by atoms with Crippen LogP contribution >= 0.6 is 0 Å². The quantitative estimate of drug-likeness (QED) is 0.592. The van der Waals surface area contributed by atoms with E-state index in [-0.39, 0.29) is 6.10 Å². The second-order valence-electron chi connectivity index (χ2n) is 4.37. The number of nitrogens with zero attached hydrogens (tertiary/aromatic N) is 1. The van der Waals surface area contributed by atoms with Gasteiger partial charge in [-0.1, -0.05) is 17.3 Å². The van der Waals surface area contributed by atoms with Crippen LogP contribution < -0.4 is 0 Å². The van der Waals surface area contributed by atoms with Crippen molar-refractivity contribution >= 4 is 6.21 Å². The van der Waals surface area contributed by atoms with Gasteiger partial charge in [0, 0.05) is 0 Å². The summed E-state index contributed by atoms with van der Waals surface area (Å²) in [5.41, 5.74) is -0.282. The third-order valence-corrected chi connectivity index (χ3v) is 2.93. The van der Waals surface area contributed by atoms with Crippen molar-refractivity contribution in [1.82, 2.24) is 0 Å². The first-order chi connectivity index (χ1) is 8.55. The summed E-state index contributed by atoms with van der Waals surface area (Å²) in [6.45, 7) is 0. The molecule has 1 fully saturated rings. The summed E-state index contributed by atoms with van der Waals surface area (Å²) in [7, 11) is 0. The van der Waals surface area contributed by atoms with Crippen LogP contribution in [0.2, 0.25) is 0 Å². The molecule has 1 aromatic rings. The van der Waals surface area contributed by atoms with Gasteiger partial charge in [-0.15, -0.1) is 0 Å². The van der Waals surface area contributed by atoms with Gasteiger partial charge in [-0.05, 0) is 43.4 Å². The first-order valence-electron chi connectivity index (χ1n) is 5.92. The monoisotopic (exact) mass is 257 g/mol. The molecular formula is C13H14F3NO. The maximum Gasteiger partial charge on any atom is 0.416 e. The SMILES string of the molecule is FC(F)(F)c1cccc(C=NOC2CCCC2)c1. The molecule has 0 amide bonds. The summed E-state index contributed by atoms with van der Waals surface area (Å²) in [6.07, 6.45) is 1.32. The minimum Gasteiger partial charge on any atom is -0.393 e. The topological polar surface area (TPSA) is 21.6 Å². The Morgan fingerprint density at radius 2 is 1.94 bits per heavy atom. The van der Waals surface area contributed by atoms with E-state index in [0.29, 0.717) is 5.56 Å². The molecule has 0 unspecified atom stereocenters. The molecule has 2 rings (SSSR count). The van der Waals surface area contributed by atoms with Crippen molar-refractivity contribution in [3.05, 3.63) is 35.4 Å². The van der Waals surface area contributed by atoms with Gasteiger partial charge in [-0.2, -0.15) is 13.2 Å². The van der Waals surface area contributed by atoms with Crippen molar-refractivity contribution in [2.24, 2.45) is 5.16 Å². The Morgan fingerprint density at radius 1 is 1.22 bits per heavy atom. The van der Waals surface area contributed by atoms with Crippen LogP contribution in [0.4, 0.5) is 13.2 Å². The molecule has 1 aromatic carbocycles. The molecule has 0 aromatic heterocycles. The Labute approximate surface area is 103 Å². The van der Waals surface area contributed by atoms with E-state index in [0.717, 1.165) is 37.8 Å². The molecule has 0 atom stereocenters. The fourth-order valence-electron chi connectivity index (χ4n) is 1.97. The summed E-state index contributed by atoms with van der Waals surface area (Å²) >= 11 is 0. The molecule has 0 spiro atoms. The van der Waals surface area contributed by atoms with Crippen LogP contribution in [0, 0.1) is 0 Å². The van der Waals surface area contributed by atoms with Crippen molar-refractivity contribution in [3.8, 4) is 0 Å². The van der Waals surface area contributed by atoms with Gasteiger partial charge < -0.3 is 4.84 Å². The normalized spacial score (nSPS) is 17.5. The lowest BCUT2D eigenvalue weighted by Gasteiger charge is -2.07. The van der Waals surface area contributed by atoms with Gasteiger partial charge in [0.2, 0.25) is 0 Å². The van der Waals surface area contributed by atoms with Gasteiger partial charge >= 0.3 is 6.18 Å². The molecule has 0 radical (unpaired) electrons. The van der Waals surface area contributed by atoms with E-state index < -0.39 is 11.7 Å². The summed E-state index contributed by atoms with van der Waals surface area (Å²) in [6, 6.07) is 5.02. The van der Waals surface area contributed by atoms with Crippen LogP contribution in [0.15, 0.2) is 29.4 Å². The molecule has 1 aliphatic rings. The third-order valence-electron chi connectivity index (χ3n) is 2.93. The van der Waals surface area contributed by atoms with E-state index in [1.165, 1.54) is 12.3 Å². The molecule has 5 heteroatoms. The Hall–Kier alpha value is -1.52. The second-order valence-corrected chi connectivity index (χ2v) is 4.37. The van der Waals surface area contributed by atoms with Gasteiger partial charge in [0.05, 0.1) is 11.8 Å². The second kappa shape index (κ2) is 5.42. The van der Waals surface area contributed by atoms with Crippen LogP contribution in [-0.4, -0.2) is 12.3 Å². The molecule has 98 valence electrons. The maximum atomic E-state index is 12.5. The minimum absolute atomic E-state index is 0.118. The first kappa shape index (κ1) is 12.9. The zero-order valence-corrected chi connectivity index (χ0v) is 9.78. The average molecular weight is 257 g/mol. The van der Waals surface area contributed by atoms with Crippen LogP contribution in [0.1, 0.15) is 36.8 Å². The molecule has 18 heavy (non-hydrogen) atoms. The average Bonchev–Trinajstić information content (AvgIpc) is 2.81. The molecule has 2 nitrogen and oxygen atoms in total. The standard InChI is InChI=1S/C13H14F3NO/c14-13(15,16)11-5-3-4-10(8-11)9-17-18-12-6-1-2-7-12/h3-5,8-9,12H,1-2,6-7H2. The zero-order valence-electron chi connectivity index (χ0n) is 9.78. The van der Waals surface area contributed by atoms with Crippen LogP contribution in [-0.2, 0) is 11.0 Å². The Kier molecular flexibility index (Phi) is 3.89. The van der Waals surface area contributed by atoms with Gasteiger partial charge in [-0.25, -0.2) is 0 Å². The maximum absolute atomic E-state index is 12.5. The fourth-order valence-corrected chi connectivity index (χ4v) is 1.97. The van der Waals surface area contributed by atoms with Crippen molar-refractivity contribution in [2.45, 2.75) is 38.0 Å². The predicted octanol–water partition coefficient (Wildman–Crippen LogP) is 4.00. The Morgan fingerprint density at radius 3 is 2.61 bits per heavy atom. The fraction of sp³-hybridized carbons (Fsp3) is 0.462. The Bertz CT molecular complexity index is 422. The molecular weight excluding hydrogens is 243 g/mol. The first-order valence-corrected chi connectivity index (χ1v) is 5.92. The highest BCUT2D eigenvalue weighted by Crippen LogP contribution is 2.29. The molecule has 1 aliphatic carbocycles. The summed E-state index contributed by atoms with van der Waals surface area (Å²) in [5.74, 6) is 0. The summed E-state index contributed by atoms with van der Waals surface area (Å²) in [4.78, 5) is 5.22. The van der Waals surface area contributed by atoms with Crippen molar-refractivity contribution in [2.75, 3.05) is 0 Å². The smallest absolute Gasteiger partial charge is 0.393 e. The molecule has 0 N–H and O–H groups in total. The predicted molar refractivity (Wildman–Crippen MR) is 62.4 cm³/mol. The van der Waals surface area contributed by atoms with Gasteiger partial charge in [-0.3, -0.25) is 0 Å². The van der Waals surface area contributed by atoms with Crippen LogP contribution in [0.3, 0.4) is 0 Å². The van der Waals surface area contributed by atoms with Gasteiger partial charge in [0.15, 0.2) is 0 Å². The number of alkyl halides is 3.